The summed E-state index contributed by atoms with van der Waals surface area (Å²) < 4.78 is 10.4. The number of unbranched alkanes of at least 4 members (excludes halogenated alkanes) is 2. The maximum absolute atomic E-state index is 12.5. The molecule has 0 aromatic rings. The van der Waals surface area contributed by atoms with Crippen molar-refractivity contribution < 1.29 is 23.9 Å². The number of rotatable bonds is 10. The van der Waals surface area contributed by atoms with Gasteiger partial charge in [-0.15, -0.1) is 0 Å². The maximum atomic E-state index is 12.5. The van der Waals surface area contributed by atoms with Gasteiger partial charge in [0.15, 0.2) is 0 Å². The predicted molar refractivity (Wildman–Crippen MR) is 156 cm³/mol. The van der Waals surface area contributed by atoms with E-state index in [-0.39, 0.29) is 12.5 Å². The number of ether oxygens (including phenoxy) is 2. The second-order valence-electron chi connectivity index (χ2n) is 10.8. The first-order chi connectivity index (χ1) is 18.5. The third-order valence-electron chi connectivity index (χ3n) is 6.11. The second-order valence-corrected chi connectivity index (χ2v) is 11.3. The fraction of sp³-hybridized carbons (Fsp3) is 0.700. The van der Waals surface area contributed by atoms with E-state index < -0.39 is 23.3 Å². The first-order valence-electron chi connectivity index (χ1n) is 14.2. The van der Waals surface area contributed by atoms with E-state index in [1.54, 1.807) is 0 Å². The van der Waals surface area contributed by atoms with Crippen molar-refractivity contribution in [3.8, 4) is 11.8 Å². The maximum Gasteiger partial charge on any atom is 0.408 e. The Morgan fingerprint density at radius 3 is 2.23 bits per heavy atom. The SMILES string of the molecule is CCCCNC(=O)C1(NC(=O)OC(C)(C)C)CCCCC1.CCCCNC(=O)OCC1=C(\Cl)CC#CC/C=C\1. The third-order valence-corrected chi connectivity index (χ3v) is 6.49. The Hall–Kier alpha value is -2.66. The molecular formula is C30H48ClN3O5. The van der Waals surface area contributed by atoms with Gasteiger partial charge >= 0.3 is 12.2 Å². The van der Waals surface area contributed by atoms with E-state index in [0.29, 0.717) is 43.8 Å². The van der Waals surface area contributed by atoms with Crippen LogP contribution in [0.15, 0.2) is 22.8 Å². The number of hydrogen-bond acceptors (Lipinski definition) is 5. The van der Waals surface area contributed by atoms with Crippen molar-refractivity contribution in [3.63, 3.8) is 0 Å². The van der Waals surface area contributed by atoms with E-state index in [9.17, 15) is 14.4 Å². The number of hydrogen-bond donors (Lipinski definition) is 3. The van der Waals surface area contributed by atoms with Crippen molar-refractivity contribution in [3.05, 3.63) is 22.8 Å². The molecule has 1 fully saturated rings. The van der Waals surface area contributed by atoms with Crippen LogP contribution in [0.3, 0.4) is 0 Å². The van der Waals surface area contributed by atoms with Crippen LogP contribution in [0.4, 0.5) is 9.59 Å². The highest BCUT2D eigenvalue weighted by Gasteiger charge is 2.41. The van der Waals surface area contributed by atoms with Crippen LogP contribution in [0.5, 0.6) is 0 Å². The molecule has 0 aliphatic heterocycles. The molecule has 0 spiro atoms. The normalized spacial score (nSPS) is 18.9. The second kappa shape index (κ2) is 18.6. The molecule has 3 N–H and O–H groups in total. The third kappa shape index (κ3) is 14.9. The van der Waals surface area contributed by atoms with Gasteiger partial charge in [-0.1, -0.05) is 81.5 Å². The first kappa shape index (κ1) is 34.4. The van der Waals surface area contributed by atoms with Gasteiger partial charge in [0.05, 0.1) is 0 Å². The highest BCUT2D eigenvalue weighted by molar-refractivity contribution is 6.30. The molecule has 2 rings (SSSR count). The Morgan fingerprint density at radius 1 is 0.974 bits per heavy atom. The summed E-state index contributed by atoms with van der Waals surface area (Å²) in [5, 5.41) is 9.12. The van der Waals surface area contributed by atoms with Crippen LogP contribution in [-0.4, -0.2) is 48.9 Å². The molecule has 0 saturated heterocycles. The van der Waals surface area contributed by atoms with Gasteiger partial charge in [-0.2, -0.15) is 0 Å². The van der Waals surface area contributed by atoms with Crippen molar-refractivity contribution in [2.24, 2.45) is 0 Å². The molecule has 3 amide bonds. The zero-order valence-electron chi connectivity index (χ0n) is 24.5. The Balaban J connectivity index is 0.000000395. The van der Waals surface area contributed by atoms with Gasteiger partial charge in [0, 0.05) is 36.5 Å². The molecule has 8 nitrogen and oxygen atoms in total. The van der Waals surface area contributed by atoms with Gasteiger partial charge in [-0.25, -0.2) is 9.59 Å². The predicted octanol–water partition coefficient (Wildman–Crippen LogP) is 6.49. The van der Waals surface area contributed by atoms with Crippen molar-refractivity contribution >= 4 is 29.7 Å². The van der Waals surface area contributed by atoms with Crippen LogP contribution in [0.2, 0.25) is 0 Å². The minimum absolute atomic E-state index is 0.0680. The van der Waals surface area contributed by atoms with E-state index in [0.717, 1.165) is 50.5 Å². The Kier molecular flexibility index (Phi) is 16.4. The number of carbonyl (C=O) groups excluding carboxylic acids is 3. The van der Waals surface area contributed by atoms with E-state index in [1.807, 2.05) is 32.9 Å². The molecule has 0 unspecified atom stereocenters. The molecule has 0 radical (unpaired) electrons. The summed E-state index contributed by atoms with van der Waals surface area (Å²) in [7, 11) is 0. The Bertz CT molecular complexity index is 906. The van der Waals surface area contributed by atoms with Crippen LogP contribution in [-0.2, 0) is 14.3 Å². The molecule has 2 aliphatic carbocycles. The van der Waals surface area contributed by atoms with Gasteiger partial charge in [-0.05, 0) is 46.5 Å². The van der Waals surface area contributed by atoms with E-state index in [2.05, 4.69) is 41.6 Å². The highest BCUT2D eigenvalue weighted by Crippen LogP contribution is 2.29. The van der Waals surface area contributed by atoms with Crippen LogP contribution >= 0.6 is 11.6 Å². The van der Waals surface area contributed by atoms with E-state index in [4.69, 9.17) is 21.1 Å². The summed E-state index contributed by atoms with van der Waals surface area (Å²) in [6.07, 6.45) is 12.5. The Morgan fingerprint density at radius 2 is 1.62 bits per heavy atom. The molecule has 0 aromatic heterocycles. The highest BCUT2D eigenvalue weighted by atomic mass is 35.5. The zero-order chi connectivity index (χ0) is 29.2. The van der Waals surface area contributed by atoms with Crippen LogP contribution in [0.25, 0.3) is 0 Å². The van der Waals surface area contributed by atoms with Crippen LogP contribution < -0.4 is 16.0 Å². The summed E-state index contributed by atoms with van der Waals surface area (Å²) in [5.74, 6) is 5.84. The van der Waals surface area contributed by atoms with E-state index >= 15 is 0 Å². The van der Waals surface area contributed by atoms with Gasteiger partial charge in [0.1, 0.15) is 17.7 Å². The summed E-state index contributed by atoms with van der Waals surface area (Å²) in [6.45, 7) is 11.1. The minimum Gasteiger partial charge on any atom is -0.445 e. The average Bonchev–Trinajstić information content (AvgIpc) is 2.86. The molecule has 9 heteroatoms. The standard InChI is InChI=1S/C16H30N2O3.C14H18ClNO2/c1-5-6-12-17-13(19)16(10-8-7-9-11-16)18-14(20)21-15(2,3)4;1-2-3-10-16-14(17)18-11-12-8-6-4-5-7-9-13(12)15/h5-12H2,1-4H3,(H,17,19)(H,18,20);6,8H,2-4,9-11H2,1H3,(H,16,17)/b;8-6-,13-12-. The molecule has 0 aromatic carbocycles. The van der Waals surface area contributed by atoms with Crippen molar-refractivity contribution in [1.82, 2.24) is 16.0 Å². The minimum atomic E-state index is -0.797. The number of amides is 3. The van der Waals surface area contributed by atoms with Gasteiger partial charge in [0.25, 0.3) is 0 Å². The summed E-state index contributed by atoms with van der Waals surface area (Å²) >= 11 is 6.08. The molecule has 39 heavy (non-hydrogen) atoms. The summed E-state index contributed by atoms with van der Waals surface area (Å²) in [4.78, 5) is 35.9. The number of nitrogens with one attached hydrogen (secondary N) is 3. The van der Waals surface area contributed by atoms with Gasteiger partial charge in [0.2, 0.25) is 5.91 Å². The summed E-state index contributed by atoms with van der Waals surface area (Å²) in [6, 6.07) is 0. The fourth-order valence-corrected chi connectivity index (χ4v) is 4.16. The average molecular weight is 566 g/mol. The number of allylic oxidation sites excluding steroid dienone is 2. The van der Waals surface area contributed by atoms with Crippen molar-refractivity contribution in [2.45, 2.75) is 116 Å². The van der Waals surface area contributed by atoms with Gasteiger partial charge < -0.3 is 25.4 Å². The number of halogens is 1. The molecule has 220 valence electrons. The van der Waals surface area contributed by atoms with E-state index in [1.165, 1.54) is 0 Å². The van der Waals surface area contributed by atoms with Gasteiger partial charge in [-0.3, -0.25) is 4.79 Å². The first-order valence-corrected chi connectivity index (χ1v) is 14.6. The smallest absolute Gasteiger partial charge is 0.408 e. The molecule has 1 saturated carbocycles. The lowest BCUT2D eigenvalue weighted by atomic mass is 9.81. The monoisotopic (exact) mass is 565 g/mol. The molecule has 0 bridgehead atoms. The molecule has 0 atom stereocenters. The quantitative estimate of drug-likeness (QED) is 0.207. The number of alkyl carbamates (subject to hydrolysis) is 2. The van der Waals surface area contributed by atoms with Crippen LogP contribution in [0, 0.1) is 11.8 Å². The lowest BCUT2D eigenvalue weighted by Gasteiger charge is -2.37. The largest absolute Gasteiger partial charge is 0.445 e. The molecule has 2 aliphatic rings. The molecular weight excluding hydrogens is 518 g/mol. The van der Waals surface area contributed by atoms with Crippen LogP contribution in [0.1, 0.15) is 105 Å². The zero-order valence-corrected chi connectivity index (χ0v) is 25.2. The topological polar surface area (TPSA) is 106 Å². The lowest BCUT2D eigenvalue weighted by Crippen LogP contribution is -2.60. The number of carbonyl (C=O) groups is 3. The summed E-state index contributed by atoms with van der Waals surface area (Å²) in [5.41, 5.74) is -0.538. The Labute approximate surface area is 240 Å². The van der Waals surface area contributed by atoms with Crippen molar-refractivity contribution in [2.75, 3.05) is 19.7 Å². The lowest BCUT2D eigenvalue weighted by molar-refractivity contribution is -0.129. The molecule has 0 heterocycles. The van der Waals surface area contributed by atoms with Crippen molar-refractivity contribution in [1.29, 1.82) is 0 Å². The fourth-order valence-electron chi connectivity index (χ4n) is 3.98.